The van der Waals surface area contributed by atoms with E-state index in [0.29, 0.717) is 12.3 Å². The summed E-state index contributed by atoms with van der Waals surface area (Å²) in [5.41, 5.74) is 6.11. The summed E-state index contributed by atoms with van der Waals surface area (Å²) in [6, 6.07) is 2.67. The van der Waals surface area contributed by atoms with Gasteiger partial charge >= 0.3 is 0 Å². The molecule has 1 amide bonds. The highest BCUT2D eigenvalue weighted by molar-refractivity contribution is 5.81. The quantitative estimate of drug-likeness (QED) is 0.766. The Hall–Kier alpha value is -1.98. The molecule has 0 fully saturated rings. The molecule has 0 spiro atoms. The van der Waals surface area contributed by atoms with Crippen LogP contribution >= 0.6 is 0 Å². The molecule has 1 rings (SSSR count). The van der Waals surface area contributed by atoms with E-state index in [-0.39, 0.29) is 23.8 Å². The lowest BCUT2D eigenvalue weighted by atomic mass is 10.2. The van der Waals surface area contributed by atoms with Gasteiger partial charge in [-0.05, 0) is 6.42 Å². The highest BCUT2D eigenvalue weighted by Gasteiger charge is 2.14. The molecule has 3 N–H and O–H groups in total. The number of hydrogen-bond donors (Lipinski definition) is 2. The predicted molar refractivity (Wildman–Crippen MR) is 73.9 cm³/mol. The SMILES string of the molecule is CCCNC(=O)CN(C)c1cc(OC)c(N)cc1F. The van der Waals surface area contributed by atoms with Gasteiger partial charge in [0, 0.05) is 25.7 Å². The second kappa shape index (κ2) is 6.82. The molecule has 6 heteroatoms. The number of halogens is 1. The maximum Gasteiger partial charge on any atom is 0.239 e. The molecule has 0 aliphatic carbocycles. The van der Waals surface area contributed by atoms with E-state index in [1.807, 2.05) is 6.92 Å². The van der Waals surface area contributed by atoms with Gasteiger partial charge in [0.15, 0.2) is 0 Å². The third kappa shape index (κ3) is 4.01. The minimum atomic E-state index is -0.482. The normalized spacial score (nSPS) is 10.1. The van der Waals surface area contributed by atoms with E-state index in [9.17, 15) is 9.18 Å². The molecule has 0 saturated heterocycles. The minimum absolute atomic E-state index is 0.0734. The maximum absolute atomic E-state index is 13.8. The van der Waals surface area contributed by atoms with E-state index in [1.54, 1.807) is 7.05 Å². The number of anilines is 2. The number of amides is 1. The molecule has 0 atom stereocenters. The summed E-state index contributed by atoms with van der Waals surface area (Å²) in [5, 5.41) is 2.73. The minimum Gasteiger partial charge on any atom is -0.495 e. The number of methoxy groups -OCH3 is 1. The van der Waals surface area contributed by atoms with Crippen LogP contribution < -0.4 is 20.7 Å². The number of benzene rings is 1. The highest BCUT2D eigenvalue weighted by atomic mass is 19.1. The number of rotatable bonds is 6. The third-order valence-corrected chi connectivity index (χ3v) is 2.66. The molecule has 106 valence electrons. The topological polar surface area (TPSA) is 67.6 Å². The van der Waals surface area contributed by atoms with Crippen LogP contribution in [-0.2, 0) is 4.79 Å². The molecule has 1 aromatic carbocycles. The van der Waals surface area contributed by atoms with Gasteiger partial charge in [0.2, 0.25) is 5.91 Å². The Kier molecular flexibility index (Phi) is 5.41. The fourth-order valence-electron chi connectivity index (χ4n) is 1.65. The van der Waals surface area contributed by atoms with Crippen molar-refractivity contribution >= 4 is 17.3 Å². The summed E-state index contributed by atoms with van der Waals surface area (Å²) in [7, 11) is 3.10. The number of hydrogen-bond acceptors (Lipinski definition) is 4. The fourth-order valence-corrected chi connectivity index (χ4v) is 1.65. The Morgan fingerprint density at radius 2 is 2.21 bits per heavy atom. The summed E-state index contributed by atoms with van der Waals surface area (Å²) in [4.78, 5) is 13.1. The first-order valence-electron chi connectivity index (χ1n) is 6.10. The molecule has 0 bridgehead atoms. The Bertz CT molecular complexity index is 452. The van der Waals surface area contributed by atoms with Crippen molar-refractivity contribution < 1.29 is 13.9 Å². The number of likely N-dealkylation sites (N-methyl/N-ethyl adjacent to an activating group) is 1. The number of nitrogens with one attached hydrogen (secondary N) is 1. The second-order valence-electron chi connectivity index (χ2n) is 4.25. The molecular formula is C13H20FN3O2. The molecule has 1 aromatic rings. The summed E-state index contributed by atoms with van der Waals surface area (Å²) in [5.74, 6) is -0.249. The molecule has 19 heavy (non-hydrogen) atoms. The number of nitrogens with zero attached hydrogens (tertiary/aromatic N) is 1. The molecular weight excluding hydrogens is 249 g/mol. The maximum atomic E-state index is 13.8. The summed E-state index contributed by atoms with van der Waals surface area (Å²) < 4.78 is 18.9. The highest BCUT2D eigenvalue weighted by Crippen LogP contribution is 2.29. The van der Waals surface area contributed by atoms with Gasteiger partial charge in [-0.3, -0.25) is 4.79 Å². The van der Waals surface area contributed by atoms with Crippen LogP contribution in [0.5, 0.6) is 5.75 Å². The first-order valence-corrected chi connectivity index (χ1v) is 6.10. The van der Waals surface area contributed by atoms with Crippen molar-refractivity contribution in [3.8, 4) is 5.75 Å². The largest absolute Gasteiger partial charge is 0.495 e. The van der Waals surface area contributed by atoms with Crippen LogP contribution in [0.2, 0.25) is 0 Å². The molecule has 0 unspecified atom stereocenters. The first kappa shape index (κ1) is 15.1. The van der Waals surface area contributed by atoms with Crippen LogP contribution in [0.1, 0.15) is 13.3 Å². The predicted octanol–water partition coefficient (Wildman–Crippen LogP) is 1.38. The lowest BCUT2D eigenvalue weighted by Crippen LogP contribution is -2.35. The van der Waals surface area contributed by atoms with Crippen molar-refractivity contribution in [2.24, 2.45) is 0 Å². The van der Waals surface area contributed by atoms with Gasteiger partial charge < -0.3 is 20.7 Å². The van der Waals surface area contributed by atoms with Gasteiger partial charge in [0.05, 0.1) is 25.0 Å². The molecule has 0 radical (unpaired) electrons. The van der Waals surface area contributed by atoms with E-state index >= 15 is 0 Å². The second-order valence-corrected chi connectivity index (χ2v) is 4.25. The third-order valence-electron chi connectivity index (χ3n) is 2.66. The lowest BCUT2D eigenvalue weighted by molar-refractivity contribution is -0.119. The van der Waals surface area contributed by atoms with Crippen molar-refractivity contribution in [3.05, 3.63) is 17.9 Å². The van der Waals surface area contributed by atoms with Gasteiger partial charge in [-0.25, -0.2) is 4.39 Å². The van der Waals surface area contributed by atoms with E-state index in [4.69, 9.17) is 10.5 Å². The number of carbonyl (C=O) groups is 1. The van der Waals surface area contributed by atoms with Gasteiger partial charge in [-0.2, -0.15) is 0 Å². The Morgan fingerprint density at radius 3 is 2.79 bits per heavy atom. The average Bonchev–Trinajstić information content (AvgIpc) is 2.36. The van der Waals surface area contributed by atoms with Crippen molar-refractivity contribution in [2.45, 2.75) is 13.3 Å². The summed E-state index contributed by atoms with van der Waals surface area (Å²) in [6.45, 7) is 2.65. The van der Waals surface area contributed by atoms with E-state index in [1.165, 1.54) is 24.1 Å². The zero-order chi connectivity index (χ0) is 14.4. The summed E-state index contributed by atoms with van der Waals surface area (Å²) in [6.07, 6.45) is 0.861. The van der Waals surface area contributed by atoms with Crippen LogP contribution in [0.15, 0.2) is 12.1 Å². The number of ether oxygens (including phenoxy) is 1. The van der Waals surface area contributed by atoms with Crippen LogP contribution in [-0.4, -0.2) is 33.2 Å². The van der Waals surface area contributed by atoms with E-state index < -0.39 is 5.82 Å². The Morgan fingerprint density at radius 1 is 1.53 bits per heavy atom. The Labute approximate surface area is 112 Å². The van der Waals surface area contributed by atoms with Gasteiger partial charge in [0.1, 0.15) is 11.6 Å². The zero-order valence-electron chi connectivity index (χ0n) is 11.5. The Balaban J connectivity index is 2.81. The van der Waals surface area contributed by atoms with Crippen molar-refractivity contribution in [1.82, 2.24) is 5.32 Å². The van der Waals surface area contributed by atoms with Crippen molar-refractivity contribution in [2.75, 3.05) is 37.9 Å². The van der Waals surface area contributed by atoms with Gasteiger partial charge in [0.25, 0.3) is 0 Å². The van der Waals surface area contributed by atoms with Crippen molar-refractivity contribution in [1.29, 1.82) is 0 Å². The summed E-state index contributed by atoms with van der Waals surface area (Å²) >= 11 is 0. The standard InChI is InChI=1S/C13H20FN3O2/c1-4-5-16-13(18)8-17(2)11-7-12(19-3)10(15)6-9(11)14/h6-7H,4-5,8,15H2,1-3H3,(H,16,18). The van der Waals surface area contributed by atoms with Crippen LogP contribution in [0.3, 0.4) is 0 Å². The zero-order valence-corrected chi connectivity index (χ0v) is 11.5. The van der Waals surface area contributed by atoms with E-state index in [0.717, 1.165) is 6.42 Å². The number of nitrogens with two attached hydrogens (primary N) is 1. The van der Waals surface area contributed by atoms with Crippen LogP contribution in [0.4, 0.5) is 15.8 Å². The average molecular weight is 269 g/mol. The van der Waals surface area contributed by atoms with Gasteiger partial charge in [-0.15, -0.1) is 0 Å². The lowest BCUT2D eigenvalue weighted by Gasteiger charge is -2.20. The number of nitrogen functional groups attached to an aromatic ring is 1. The van der Waals surface area contributed by atoms with E-state index in [2.05, 4.69) is 5.32 Å². The molecule has 0 aromatic heterocycles. The van der Waals surface area contributed by atoms with Crippen LogP contribution in [0, 0.1) is 5.82 Å². The first-order chi connectivity index (χ1) is 8.99. The fraction of sp³-hybridized carbons (Fsp3) is 0.462. The van der Waals surface area contributed by atoms with Crippen LogP contribution in [0.25, 0.3) is 0 Å². The molecule has 0 saturated carbocycles. The van der Waals surface area contributed by atoms with Crippen molar-refractivity contribution in [3.63, 3.8) is 0 Å². The monoisotopic (exact) mass is 269 g/mol. The van der Waals surface area contributed by atoms with Gasteiger partial charge in [-0.1, -0.05) is 6.92 Å². The molecule has 0 aliphatic heterocycles. The molecule has 5 nitrogen and oxygen atoms in total. The smallest absolute Gasteiger partial charge is 0.239 e. The molecule has 0 heterocycles. The molecule has 0 aliphatic rings. The number of carbonyl (C=O) groups excluding carboxylic acids is 1.